The van der Waals surface area contributed by atoms with Crippen LogP contribution in [-0.4, -0.2) is 35.8 Å². The van der Waals surface area contributed by atoms with Crippen LogP contribution in [0.5, 0.6) is 0 Å². The second kappa shape index (κ2) is 10.6. The molecule has 0 fully saturated rings. The normalized spacial score (nSPS) is 11.6. The summed E-state index contributed by atoms with van der Waals surface area (Å²) in [5.41, 5.74) is 0.880. The van der Waals surface area contributed by atoms with Crippen molar-refractivity contribution in [2.24, 2.45) is 0 Å². The first-order valence-electron chi connectivity index (χ1n) is 9.28. The number of hydrogen-bond acceptors (Lipinski definition) is 5. The van der Waals surface area contributed by atoms with Gasteiger partial charge in [0.05, 0.1) is 28.0 Å². The van der Waals surface area contributed by atoms with Gasteiger partial charge in [-0.3, -0.25) is 0 Å². The van der Waals surface area contributed by atoms with Crippen molar-refractivity contribution >= 4 is 64.0 Å². The highest BCUT2D eigenvalue weighted by Gasteiger charge is 2.22. The molecule has 1 atom stereocenters. The summed E-state index contributed by atoms with van der Waals surface area (Å²) in [6, 6.07) is 13.2. The van der Waals surface area contributed by atoms with E-state index in [1.165, 1.54) is 17.0 Å². The molecule has 0 saturated heterocycles. The van der Waals surface area contributed by atoms with Crippen LogP contribution in [-0.2, 0) is 4.74 Å². The van der Waals surface area contributed by atoms with E-state index < -0.39 is 6.03 Å². The maximum absolute atomic E-state index is 13.3. The first-order chi connectivity index (χ1) is 14.9. The van der Waals surface area contributed by atoms with Crippen LogP contribution in [0.3, 0.4) is 0 Å². The summed E-state index contributed by atoms with van der Waals surface area (Å²) in [4.78, 5) is 23.4. The van der Waals surface area contributed by atoms with E-state index in [1.54, 1.807) is 31.5 Å². The van der Waals surface area contributed by atoms with Gasteiger partial charge in [-0.2, -0.15) is 4.98 Å². The summed E-state index contributed by atoms with van der Waals surface area (Å²) in [5, 5.41) is 6.66. The molecule has 10 heteroatoms. The Morgan fingerprint density at radius 1 is 1.16 bits per heavy atom. The van der Waals surface area contributed by atoms with Crippen LogP contribution >= 0.6 is 34.8 Å². The first kappa shape index (κ1) is 23.1. The number of carbonyl (C=O) groups excluding carboxylic acids is 1. The lowest BCUT2D eigenvalue weighted by atomic mass is 10.3. The molecule has 3 rings (SSSR count). The van der Waals surface area contributed by atoms with Crippen molar-refractivity contribution in [3.8, 4) is 0 Å². The van der Waals surface area contributed by atoms with E-state index in [0.717, 1.165) is 0 Å². The van der Waals surface area contributed by atoms with Gasteiger partial charge in [-0.05, 0) is 31.2 Å². The molecule has 0 aliphatic heterocycles. The van der Waals surface area contributed by atoms with E-state index in [9.17, 15) is 4.79 Å². The van der Waals surface area contributed by atoms with E-state index in [4.69, 9.17) is 39.5 Å². The summed E-state index contributed by atoms with van der Waals surface area (Å²) in [6.45, 7) is 2.41. The van der Waals surface area contributed by atoms with Crippen LogP contribution in [0.2, 0.25) is 15.1 Å². The number of aromatic nitrogens is 2. The smallest absolute Gasteiger partial charge is 0.332 e. The van der Waals surface area contributed by atoms with Crippen LogP contribution < -0.4 is 15.5 Å². The lowest BCUT2D eigenvalue weighted by molar-refractivity contribution is 0.190. The van der Waals surface area contributed by atoms with Gasteiger partial charge in [0.2, 0.25) is 5.95 Å². The Kier molecular flexibility index (Phi) is 7.92. The second-order valence-corrected chi connectivity index (χ2v) is 7.81. The lowest BCUT2D eigenvalue weighted by Crippen LogP contribution is -2.32. The van der Waals surface area contributed by atoms with Crippen molar-refractivity contribution in [3.63, 3.8) is 0 Å². The molecule has 1 heterocycles. The van der Waals surface area contributed by atoms with Gasteiger partial charge in [-0.25, -0.2) is 14.7 Å². The molecule has 0 aliphatic rings. The molecule has 1 aromatic heterocycles. The maximum Gasteiger partial charge on any atom is 0.332 e. The number of amides is 2. The van der Waals surface area contributed by atoms with Crippen molar-refractivity contribution in [3.05, 3.63) is 69.8 Å². The van der Waals surface area contributed by atoms with Crippen LogP contribution in [0.1, 0.15) is 6.92 Å². The van der Waals surface area contributed by atoms with Gasteiger partial charge < -0.3 is 15.4 Å². The number of rotatable bonds is 7. The maximum atomic E-state index is 13.3. The zero-order valence-electron chi connectivity index (χ0n) is 16.8. The standard InChI is InChI=1S/C21H20Cl3N5O2/c1-13(12-31-2)26-20-25-9-8-18(28-20)29(15-6-4-3-5-7-15)21(30)27-17-11-14(22)10-16(23)19(17)24/h3-11,13H,12H2,1-2H3,(H,27,30)(H,25,26,28)/t13-/m0/s1. The number of methoxy groups -OCH3 is 1. The molecular weight excluding hydrogens is 461 g/mol. The number of halogens is 3. The van der Waals surface area contributed by atoms with Crippen molar-refractivity contribution in [2.75, 3.05) is 29.3 Å². The molecule has 7 nitrogen and oxygen atoms in total. The Bertz CT molecular complexity index is 1050. The van der Waals surface area contributed by atoms with Crippen molar-refractivity contribution < 1.29 is 9.53 Å². The predicted octanol–water partition coefficient (Wildman–Crippen LogP) is 6.25. The summed E-state index contributed by atoms with van der Waals surface area (Å²) in [7, 11) is 1.62. The Balaban J connectivity index is 1.96. The number of hydrogen-bond donors (Lipinski definition) is 2. The molecule has 0 aliphatic carbocycles. The molecule has 0 radical (unpaired) electrons. The van der Waals surface area contributed by atoms with Crippen molar-refractivity contribution in [2.45, 2.75) is 13.0 Å². The summed E-state index contributed by atoms with van der Waals surface area (Å²) >= 11 is 18.4. The molecule has 0 bridgehead atoms. The number of anilines is 4. The zero-order chi connectivity index (χ0) is 22.4. The van der Waals surface area contributed by atoms with E-state index in [-0.39, 0.29) is 21.8 Å². The molecule has 2 aromatic carbocycles. The monoisotopic (exact) mass is 479 g/mol. The Hall–Kier alpha value is -2.58. The van der Waals surface area contributed by atoms with Crippen LogP contribution in [0.4, 0.5) is 27.9 Å². The summed E-state index contributed by atoms with van der Waals surface area (Å²) in [6.07, 6.45) is 1.57. The number of carbonyl (C=O) groups is 1. The van der Waals surface area contributed by atoms with E-state index in [1.807, 2.05) is 25.1 Å². The molecule has 0 spiro atoms. The Morgan fingerprint density at radius 2 is 1.90 bits per heavy atom. The largest absolute Gasteiger partial charge is 0.383 e. The van der Waals surface area contributed by atoms with Gasteiger partial charge in [-0.15, -0.1) is 0 Å². The number of urea groups is 1. The Morgan fingerprint density at radius 3 is 2.61 bits per heavy atom. The van der Waals surface area contributed by atoms with Gasteiger partial charge in [0, 0.05) is 30.4 Å². The van der Waals surface area contributed by atoms with Crippen molar-refractivity contribution in [1.82, 2.24) is 9.97 Å². The third kappa shape index (κ3) is 5.98. The molecular formula is C21H20Cl3N5O2. The number of para-hydroxylation sites is 1. The highest BCUT2D eigenvalue weighted by atomic mass is 35.5. The quantitative estimate of drug-likeness (QED) is 0.391. The predicted molar refractivity (Wildman–Crippen MR) is 126 cm³/mol. The van der Waals surface area contributed by atoms with Gasteiger partial charge in [0.15, 0.2) is 0 Å². The highest BCUT2D eigenvalue weighted by molar-refractivity contribution is 6.45. The minimum absolute atomic E-state index is 0.0216. The third-order valence-electron chi connectivity index (χ3n) is 4.11. The van der Waals surface area contributed by atoms with Gasteiger partial charge in [0.1, 0.15) is 5.82 Å². The Labute approximate surface area is 195 Å². The molecule has 3 aromatic rings. The first-order valence-corrected chi connectivity index (χ1v) is 10.4. The third-order valence-corrected chi connectivity index (χ3v) is 5.13. The summed E-state index contributed by atoms with van der Waals surface area (Å²) in [5.74, 6) is 0.717. The lowest BCUT2D eigenvalue weighted by Gasteiger charge is -2.23. The fourth-order valence-electron chi connectivity index (χ4n) is 2.80. The molecule has 0 unspecified atom stereocenters. The molecule has 31 heavy (non-hydrogen) atoms. The second-order valence-electron chi connectivity index (χ2n) is 6.59. The summed E-state index contributed by atoms with van der Waals surface area (Å²) < 4.78 is 5.13. The number of ether oxygens (including phenoxy) is 1. The van der Waals surface area contributed by atoms with Crippen molar-refractivity contribution in [1.29, 1.82) is 0 Å². The molecule has 2 N–H and O–H groups in total. The topological polar surface area (TPSA) is 79.4 Å². The molecule has 162 valence electrons. The highest BCUT2D eigenvalue weighted by Crippen LogP contribution is 2.34. The average Bonchev–Trinajstić information content (AvgIpc) is 2.73. The van der Waals surface area contributed by atoms with Gasteiger partial charge in [-0.1, -0.05) is 53.0 Å². The van der Waals surface area contributed by atoms with E-state index in [2.05, 4.69) is 20.6 Å². The fraction of sp³-hybridized carbons (Fsp3) is 0.190. The van der Waals surface area contributed by atoms with Crippen LogP contribution in [0.15, 0.2) is 54.7 Å². The van der Waals surface area contributed by atoms with Crippen LogP contribution in [0, 0.1) is 0 Å². The van der Waals surface area contributed by atoms with Gasteiger partial charge >= 0.3 is 6.03 Å². The SMILES string of the molecule is COC[C@H](C)Nc1nccc(N(C(=O)Nc2cc(Cl)cc(Cl)c2Cl)c2ccccc2)n1. The van der Waals surface area contributed by atoms with E-state index >= 15 is 0 Å². The number of benzene rings is 2. The fourth-order valence-corrected chi connectivity index (χ4v) is 3.45. The molecule has 2 amide bonds. The van der Waals surface area contributed by atoms with Gasteiger partial charge in [0.25, 0.3) is 0 Å². The average molecular weight is 481 g/mol. The van der Waals surface area contributed by atoms with E-state index in [0.29, 0.717) is 29.1 Å². The number of nitrogens with zero attached hydrogens (tertiary/aromatic N) is 3. The minimum Gasteiger partial charge on any atom is -0.383 e. The van der Waals surface area contributed by atoms with Crippen LogP contribution in [0.25, 0.3) is 0 Å². The zero-order valence-corrected chi connectivity index (χ0v) is 19.0. The minimum atomic E-state index is -0.499. The molecule has 0 saturated carbocycles. The number of nitrogens with one attached hydrogen (secondary N) is 2.